The Hall–Kier alpha value is -0.600. The average molecular weight is 140 g/mol. The summed E-state index contributed by atoms with van der Waals surface area (Å²) in [6, 6.07) is 0. The predicted octanol–water partition coefficient (Wildman–Crippen LogP) is 0.964. The summed E-state index contributed by atoms with van der Waals surface area (Å²) in [7, 11) is 0. The highest BCUT2D eigenvalue weighted by Crippen LogP contribution is 2.23. The van der Waals surface area contributed by atoms with Crippen LogP contribution in [0.5, 0.6) is 0 Å². The van der Waals surface area contributed by atoms with Crippen LogP contribution in [0.3, 0.4) is 0 Å². The highest BCUT2D eigenvalue weighted by atomic mass is 16.5. The Bertz CT molecular complexity index is 199. The number of hydrogen-bond acceptors (Lipinski definition) is 2. The first-order valence-electron chi connectivity index (χ1n) is 3.31. The highest BCUT2D eigenvalue weighted by Gasteiger charge is 2.22. The van der Waals surface area contributed by atoms with Crippen molar-refractivity contribution in [3.05, 3.63) is 23.3 Å². The van der Waals surface area contributed by atoms with Gasteiger partial charge in [-0.05, 0) is 25.5 Å². The summed E-state index contributed by atoms with van der Waals surface area (Å²) in [6.45, 7) is 3.74. The van der Waals surface area contributed by atoms with Gasteiger partial charge in [0.1, 0.15) is 0 Å². The second-order valence-corrected chi connectivity index (χ2v) is 2.93. The molecule has 0 spiro atoms. The van der Waals surface area contributed by atoms with Crippen molar-refractivity contribution in [3.8, 4) is 0 Å². The van der Waals surface area contributed by atoms with Crippen LogP contribution in [-0.2, 0) is 0 Å². The molecule has 56 valence electrons. The molecule has 1 rings (SSSR count). The van der Waals surface area contributed by atoms with Gasteiger partial charge >= 0.3 is 0 Å². The van der Waals surface area contributed by atoms with Gasteiger partial charge in [-0.25, -0.2) is 0 Å². The summed E-state index contributed by atoms with van der Waals surface area (Å²) < 4.78 is 0. The van der Waals surface area contributed by atoms with E-state index in [0.29, 0.717) is 6.42 Å². The third kappa shape index (κ3) is 1.69. The predicted molar refractivity (Wildman–Crippen MR) is 39.3 cm³/mol. The van der Waals surface area contributed by atoms with Gasteiger partial charge < -0.3 is 10.2 Å². The van der Waals surface area contributed by atoms with Gasteiger partial charge in [0.05, 0.1) is 0 Å². The first-order valence-corrected chi connectivity index (χ1v) is 3.31. The molecule has 0 amide bonds. The minimum absolute atomic E-state index is 0.324. The van der Waals surface area contributed by atoms with Gasteiger partial charge in [0.25, 0.3) is 0 Å². The van der Waals surface area contributed by atoms with E-state index < -0.39 is 5.79 Å². The quantitative estimate of drug-likeness (QED) is 0.492. The third-order valence-corrected chi connectivity index (χ3v) is 1.47. The van der Waals surface area contributed by atoms with Crippen molar-refractivity contribution in [2.24, 2.45) is 0 Å². The normalized spacial score (nSPS) is 23.6. The Morgan fingerprint density at radius 3 is 2.40 bits per heavy atom. The second kappa shape index (κ2) is 2.22. The Morgan fingerprint density at radius 1 is 1.40 bits per heavy atom. The molecule has 0 atom stereocenters. The van der Waals surface area contributed by atoms with Gasteiger partial charge in [0, 0.05) is 6.42 Å². The molecule has 2 N–H and O–H groups in total. The van der Waals surface area contributed by atoms with Crippen LogP contribution in [0.15, 0.2) is 23.3 Å². The van der Waals surface area contributed by atoms with E-state index in [1.54, 1.807) is 0 Å². The molecule has 0 aliphatic heterocycles. The van der Waals surface area contributed by atoms with Gasteiger partial charge in [-0.15, -0.1) is 0 Å². The summed E-state index contributed by atoms with van der Waals surface area (Å²) in [5.74, 6) is -1.61. The highest BCUT2D eigenvalue weighted by molar-refractivity contribution is 5.28. The zero-order valence-electron chi connectivity index (χ0n) is 6.26. The maximum atomic E-state index is 9.15. The van der Waals surface area contributed by atoms with Gasteiger partial charge in [-0.3, -0.25) is 0 Å². The molecule has 0 aromatic carbocycles. The third-order valence-electron chi connectivity index (χ3n) is 1.47. The topological polar surface area (TPSA) is 40.5 Å². The number of rotatable bonds is 0. The molecular weight excluding hydrogens is 128 g/mol. The summed E-state index contributed by atoms with van der Waals surface area (Å²) in [5, 5.41) is 18.3. The fourth-order valence-electron chi connectivity index (χ4n) is 1.31. The van der Waals surface area contributed by atoms with Crippen LogP contribution < -0.4 is 0 Å². The number of hydrogen-bond donors (Lipinski definition) is 2. The SMILES string of the molecule is CC1=CC(O)(O)CC(C)=C1. The zero-order chi connectivity index (χ0) is 7.78. The Balaban J connectivity index is 2.88. The van der Waals surface area contributed by atoms with E-state index >= 15 is 0 Å². The smallest absolute Gasteiger partial charge is 0.186 e. The summed E-state index contributed by atoms with van der Waals surface area (Å²) in [6.07, 6.45) is 3.73. The minimum Gasteiger partial charge on any atom is -0.362 e. The molecule has 2 nitrogen and oxygen atoms in total. The molecule has 0 aromatic heterocycles. The number of aliphatic hydroxyl groups is 2. The largest absolute Gasteiger partial charge is 0.362 e. The molecule has 1 aliphatic carbocycles. The molecule has 0 radical (unpaired) electrons. The molecule has 10 heavy (non-hydrogen) atoms. The molecule has 0 saturated carbocycles. The van der Waals surface area contributed by atoms with E-state index in [0.717, 1.165) is 11.1 Å². The van der Waals surface area contributed by atoms with Crippen LogP contribution in [0.25, 0.3) is 0 Å². The van der Waals surface area contributed by atoms with Gasteiger partial charge in [-0.1, -0.05) is 11.6 Å². The lowest BCUT2D eigenvalue weighted by Crippen LogP contribution is -2.27. The molecule has 2 heteroatoms. The van der Waals surface area contributed by atoms with Crippen molar-refractivity contribution in [2.45, 2.75) is 26.1 Å². The van der Waals surface area contributed by atoms with Crippen LogP contribution in [-0.4, -0.2) is 16.0 Å². The van der Waals surface area contributed by atoms with Gasteiger partial charge in [0.15, 0.2) is 5.79 Å². The monoisotopic (exact) mass is 140 g/mol. The van der Waals surface area contributed by atoms with Gasteiger partial charge in [0.2, 0.25) is 0 Å². The molecule has 1 aliphatic rings. The maximum Gasteiger partial charge on any atom is 0.186 e. The molecular formula is C8H12O2. The van der Waals surface area contributed by atoms with Crippen molar-refractivity contribution in [1.29, 1.82) is 0 Å². The second-order valence-electron chi connectivity index (χ2n) is 2.93. The number of allylic oxidation sites excluding steroid dienone is 2. The Labute approximate surface area is 60.5 Å². The fraction of sp³-hybridized carbons (Fsp3) is 0.500. The van der Waals surface area contributed by atoms with Crippen molar-refractivity contribution in [3.63, 3.8) is 0 Å². The molecule has 0 saturated heterocycles. The van der Waals surface area contributed by atoms with Crippen molar-refractivity contribution < 1.29 is 10.2 Å². The van der Waals surface area contributed by atoms with Crippen molar-refractivity contribution in [2.75, 3.05) is 0 Å². The zero-order valence-corrected chi connectivity index (χ0v) is 6.26. The fourth-order valence-corrected chi connectivity index (χ4v) is 1.31. The lowest BCUT2D eigenvalue weighted by molar-refractivity contribution is -0.117. The van der Waals surface area contributed by atoms with Crippen LogP contribution in [0.1, 0.15) is 20.3 Å². The maximum absolute atomic E-state index is 9.15. The van der Waals surface area contributed by atoms with E-state index in [1.807, 2.05) is 19.9 Å². The molecule has 0 bridgehead atoms. The molecule has 0 unspecified atom stereocenters. The molecule has 0 aromatic rings. The van der Waals surface area contributed by atoms with E-state index in [4.69, 9.17) is 10.2 Å². The Morgan fingerprint density at radius 2 is 2.00 bits per heavy atom. The molecule has 0 heterocycles. The van der Waals surface area contributed by atoms with Crippen molar-refractivity contribution in [1.82, 2.24) is 0 Å². The molecule has 0 fully saturated rings. The summed E-state index contributed by atoms with van der Waals surface area (Å²) in [4.78, 5) is 0. The summed E-state index contributed by atoms with van der Waals surface area (Å²) in [5.41, 5.74) is 1.92. The standard InChI is InChI=1S/C8H12O2/c1-6-3-7(2)5-8(9,10)4-6/h3-4,9-10H,5H2,1-2H3. The first kappa shape index (κ1) is 7.51. The van der Waals surface area contributed by atoms with Crippen LogP contribution in [0.2, 0.25) is 0 Å². The lowest BCUT2D eigenvalue weighted by Gasteiger charge is -2.22. The van der Waals surface area contributed by atoms with Crippen LogP contribution in [0.4, 0.5) is 0 Å². The van der Waals surface area contributed by atoms with E-state index in [-0.39, 0.29) is 0 Å². The minimum atomic E-state index is -1.61. The van der Waals surface area contributed by atoms with Crippen molar-refractivity contribution >= 4 is 0 Å². The Kier molecular flexibility index (Phi) is 1.67. The lowest BCUT2D eigenvalue weighted by atomic mass is 9.97. The van der Waals surface area contributed by atoms with E-state index in [9.17, 15) is 0 Å². The van der Waals surface area contributed by atoms with Crippen LogP contribution >= 0.6 is 0 Å². The first-order chi connectivity index (χ1) is 4.49. The van der Waals surface area contributed by atoms with Gasteiger partial charge in [-0.2, -0.15) is 0 Å². The van der Waals surface area contributed by atoms with E-state index in [1.165, 1.54) is 6.08 Å². The summed E-state index contributed by atoms with van der Waals surface area (Å²) >= 11 is 0. The van der Waals surface area contributed by atoms with Crippen LogP contribution in [0, 0.1) is 0 Å². The average Bonchev–Trinajstić information content (AvgIpc) is 1.54. The van der Waals surface area contributed by atoms with E-state index in [2.05, 4.69) is 0 Å².